The normalized spacial score (nSPS) is 30.8. The zero-order valence-electron chi connectivity index (χ0n) is 16.2. The van der Waals surface area contributed by atoms with Gasteiger partial charge in [0.1, 0.15) is 0 Å². The number of nitrogens with zero attached hydrogens (tertiary/aromatic N) is 2. The molecule has 5 atom stereocenters. The summed E-state index contributed by atoms with van der Waals surface area (Å²) in [5.74, 6) is 0.822. The number of aromatic nitrogens is 1. The summed E-state index contributed by atoms with van der Waals surface area (Å²) in [4.78, 5) is 16.7. The van der Waals surface area contributed by atoms with Crippen molar-refractivity contribution in [3.63, 3.8) is 0 Å². The smallest absolute Gasteiger partial charge is 0.293 e. The van der Waals surface area contributed by atoms with Gasteiger partial charge in [-0.25, -0.2) is 13.4 Å². The number of hydrogen-bond acceptors (Lipinski definition) is 6. The van der Waals surface area contributed by atoms with Gasteiger partial charge in [-0.15, -0.1) is 0 Å². The second-order valence-electron chi connectivity index (χ2n) is 8.34. The number of aliphatic hydroxyl groups excluding tert-OH is 1. The van der Waals surface area contributed by atoms with Crippen molar-refractivity contribution in [2.24, 2.45) is 17.8 Å². The van der Waals surface area contributed by atoms with Gasteiger partial charge in [-0.3, -0.25) is 4.79 Å². The molecule has 0 radical (unpaired) electrons. The van der Waals surface area contributed by atoms with Gasteiger partial charge in [0.05, 0.1) is 22.7 Å². The van der Waals surface area contributed by atoms with Crippen LogP contribution in [0.5, 0.6) is 0 Å². The van der Waals surface area contributed by atoms with E-state index in [1.165, 1.54) is 16.4 Å². The number of hydrogen-bond donors (Lipinski definition) is 2. The summed E-state index contributed by atoms with van der Waals surface area (Å²) >= 11 is 0. The SMILES string of the molecule is Cc1nc(C)c(C(=O)Nc2cccc(S(=O)(=O)N3C[C@@H]4C[C@H]5C[C@H]4[C@H]3[C@H]5O)c2)o1. The van der Waals surface area contributed by atoms with Crippen molar-refractivity contribution in [1.29, 1.82) is 0 Å². The predicted octanol–water partition coefficient (Wildman–Crippen LogP) is 1.93. The highest BCUT2D eigenvalue weighted by atomic mass is 32.2. The number of rotatable bonds is 4. The van der Waals surface area contributed by atoms with Crippen LogP contribution in [0, 0.1) is 31.6 Å². The predicted molar refractivity (Wildman–Crippen MR) is 104 cm³/mol. The Kier molecular flexibility index (Phi) is 4.13. The summed E-state index contributed by atoms with van der Waals surface area (Å²) in [5.41, 5.74) is 0.831. The minimum Gasteiger partial charge on any atom is -0.436 e. The van der Waals surface area contributed by atoms with Crippen molar-refractivity contribution in [2.45, 2.75) is 43.7 Å². The topological polar surface area (TPSA) is 113 Å². The number of fused-ring (bicyclic) bond motifs is 1. The molecule has 3 aliphatic rings. The standard InChI is InChI=1S/C20H23N3O5S/c1-10-19(28-11(2)21-10)20(25)22-14-4-3-5-15(8-14)29(26,27)23-9-13-6-12-7-16(13)17(23)18(12)24/h3-5,8,12-13,16-18,24H,6-7,9H2,1-2H3,(H,22,25)/t12-,13-,16+,17-,18-/m0/s1. The van der Waals surface area contributed by atoms with Crippen molar-refractivity contribution < 1.29 is 22.7 Å². The lowest BCUT2D eigenvalue weighted by atomic mass is 9.88. The molecule has 1 aromatic heterocycles. The molecule has 5 rings (SSSR count). The molecule has 1 saturated heterocycles. The van der Waals surface area contributed by atoms with Crippen LogP contribution >= 0.6 is 0 Å². The van der Waals surface area contributed by atoms with E-state index >= 15 is 0 Å². The van der Waals surface area contributed by atoms with Crippen LogP contribution < -0.4 is 5.32 Å². The number of carbonyl (C=O) groups is 1. The molecule has 8 nitrogen and oxygen atoms in total. The fourth-order valence-electron chi connectivity index (χ4n) is 5.44. The number of aryl methyl sites for hydroxylation is 2. The van der Waals surface area contributed by atoms with Crippen molar-refractivity contribution in [1.82, 2.24) is 9.29 Å². The highest BCUT2D eigenvalue weighted by Crippen LogP contribution is 2.56. The van der Waals surface area contributed by atoms with Gasteiger partial charge in [0.25, 0.3) is 5.91 Å². The van der Waals surface area contributed by atoms with Crippen LogP contribution in [0.15, 0.2) is 33.6 Å². The van der Waals surface area contributed by atoms with Gasteiger partial charge in [-0.1, -0.05) is 6.07 Å². The summed E-state index contributed by atoms with van der Waals surface area (Å²) in [6.45, 7) is 3.79. The zero-order valence-corrected chi connectivity index (χ0v) is 17.0. The number of carbonyl (C=O) groups excluding carboxylic acids is 1. The number of aliphatic hydroxyl groups is 1. The summed E-state index contributed by atoms with van der Waals surface area (Å²) in [6.07, 6.45) is 1.23. The Balaban J connectivity index is 1.41. The molecule has 2 N–H and O–H groups in total. The van der Waals surface area contributed by atoms with Gasteiger partial charge >= 0.3 is 0 Å². The van der Waals surface area contributed by atoms with Crippen LogP contribution in [0.3, 0.4) is 0 Å². The summed E-state index contributed by atoms with van der Waals surface area (Å²) in [5, 5.41) is 13.2. The molecule has 3 fully saturated rings. The zero-order chi connectivity index (χ0) is 20.5. The van der Waals surface area contributed by atoms with Crippen LogP contribution in [0.1, 0.15) is 35.0 Å². The fraction of sp³-hybridized carbons (Fsp3) is 0.500. The van der Waals surface area contributed by atoms with E-state index in [4.69, 9.17) is 4.42 Å². The molecule has 2 aliphatic carbocycles. The van der Waals surface area contributed by atoms with E-state index in [1.54, 1.807) is 26.0 Å². The Bertz CT molecular complexity index is 1090. The fourth-order valence-corrected chi connectivity index (χ4v) is 7.22. The first-order valence-corrected chi connectivity index (χ1v) is 11.2. The molecule has 0 unspecified atom stereocenters. The lowest BCUT2D eigenvalue weighted by Gasteiger charge is -2.28. The Morgan fingerprint density at radius 1 is 1.28 bits per heavy atom. The van der Waals surface area contributed by atoms with Crippen molar-refractivity contribution in [3.05, 3.63) is 41.6 Å². The Hall–Kier alpha value is -2.23. The van der Waals surface area contributed by atoms with Gasteiger partial charge in [0, 0.05) is 19.2 Å². The number of amides is 1. The van der Waals surface area contributed by atoms with Crippen LogP contribution in [-0.4, -0.2) is 47.4 Å². The molecule has 2 saturated carbocycles. The maximum absolute atomic E-state index is 13.3. The maximum Gasteiger partial charge on any atom is 0.293 e. The van der Waals surface area contributed by atoms with Gasteiger partial charge in [-0.2, -0.15) is 4.31 Å². The Morgan fingerprint density at radius 2 is 2.07 bits per heavy atom. The van der Waals surface area contributed by atoms with Crippen LogP contribution in [0.4, 0.5) is 5.69 Å². The lowest BCUT2D eigenvalue weighted by molar-refractivity contribution is 0.0731. The highest BCUT2D eigenvalue weighted by molar-refractivity contribution is 7.89. The largest absolute Gasteiger partial charge is 0.436 e. The highest BCUT2D eigenvalue weighted by Gasteiger charge is 2.61. The van der Waals surface area contributed by atoms with Crippen molar-refractivity contribution in [3.8, 4) is 0 Å². The van der Waals surface area contributed by atoms with Gasteiger partial charge < -0.3 is 14.8 Å². The van der Waals surface area contributed by atoms with Crippen LogP contribution in [-0.2, 0) is 10.0 Å². The third-order valence-corrected chi connectivity index (χ3v) is 8.47. The minimum absolute atomic E-state index is 0.104. The summed E-state index contributed by atoms with van der Waals surface area (Å²) in [6, 6.07) is 5.86. The average molecular weight is 417 g/mol. The molecule has 29 heavy (non-hydrogen) atoms. The molecule has 9 heteroatoms. The van der Waals surface area contributed by atoms with E-state index in [-0.39, 0.29) is 28.5 Å². The second kappa shape index (κ2) is 6.38. The first-order valence-electron chi connectivity index (χ1n) is 9.81. The van der Waals surface area contributed by atoms with E-state index in [0.717, 1.165) is 12.8 Å². The first-order chi connectivity index (χ1) is 13.8. The summed E-state index contributed by atoms with van der Waals surface area (Å²) < 4.78 is 33.5. The van der Waals surface area contributed by atoms with Gasteiger partial charge in [-0.05, 0) is 55.7 Å². The average Bonchev–Trinajstić information content (AvgIpc) is 3.36. The van der Waals surface area contributed by atoms with Crippen molar-refractivity contribution in [2.75, 3.05) is 11.9 Å². The molecule has 1 amide bonds. The molecular formula is C20H23N3O5S. The van der Waals surface area contributed by atoms with Crippen LogP contribution in [0.2, 0.25) is 0 Å². The third kappa shape index (κ3) is 2.83. The molecule has 2 aromatic rings. The molecular weight excluding hydrogens is 394 g/mol. The lowest BCUT2D eigenvalue weighted by Crippen LogP contribution is -2.43. The number of benzene rings is 1. The van der Waals surface area contributed by atoms with E-state index in [2.05, 4.69) is 10.3 Å². The Morgan fingerprint density at radius 3 is 2.76 bits per heavy atom. The molecule has 154 valence electrons. The quantitative estimate of drug-likeness (QED) is 0.786. The monoisotopic (exact) mass is 417 g/mol. The number of nitrogens with one attached hydrogen (secondary N) is 1. The van der Waals surface area contributed by atoms with E-state index in [9.17, 15) is 18.3 Å². The van der Waals surface area contributed by atoms with E-state index in [0.29, 0.717) is 29.7 Å². The molecule has 1 aromatic carbocycles. The molecule has 2 heterocycles. The first kappa shape index (κ1) is 18.8. The van der Waals surface area contributed by atoms with E-state index in [1.807, 2.05) is 0 Å². The van der Waals surface area contributed by atoms with Crippen molar-refractivity contribution >= 4 is 21.6 Å². The maximum atomic E-state index is 13.3. The second-order valence-corrected chi connectivity index (χ2v) is 10.2. The molecule has 1 aliphatic heterocycles. The summed E-state index contributed by atoms with van der Waals surface area (Å²) in [7, 11) is -3.77. The number of anilines is 1. The van der Waals surface area contributed by atoms with Gasteiger partial charge in [0.2, 0.25) is 15.8 Å². The van der Waals surface area contributed by atoms with Crippen LogP contribution in [0.25, 0.3) is 0 Å². The molecule has 0 spiro atoms. The minimum atomic E-state index is -3.77. The molecule has 2 bridgehead atoms. The van der Waals surface area contributed by atoms with Gasteiger partial charge in [0.15, 0.2) is 5.89 Å². The number of sulfonamides is 1. The van der Waals surface area contributed by atoms with E-state index < -0.39 is 22.0 Å². The third-order valence-electron chi connectivity index (χ3n) is 6.61. The Labute approximate surface area is 169 Å². The number of oxazole rings is 1.